The average molecular weight is 923 g/mol. The number of thiophene rings is 2. The first kappa shape index (κ1) is 50.4. The Morgan fingerprint density at radius 1 is 0.621 bits per heavy atom. The molecule has 4 heterocycles. The fourth-order valence-electron chi connectivity index (χ4n) is 6.75. The van der Waals surface area contributed by atoms with E-state index in [1.165, 1.54) is 36.9 Å². The van der Waals surface area contributed by atoms with Crippen LogP contribution >= 0.6 is 22.7 Å². The van der Waals surface area contributed by atoms with Crippen LogP contribution in [0.4, 0.5) is 0 Å². The molecule has 10 nitrogen and oxygen atoms in total. The SMILES string of the molecule is COC(=O)c1ccc(C#CCN2C(=O)CC[C@@H]2/C=C/[C@@H](O)C(C)CC#Cc2ccccc2)s1.COC(=O)c1ccc(C#CCN2C(=O)CC[C@@H]2/C=C/[C@H](O)C(C)CC#Cc2ccccc2)s1. The number of nitrogens with zero attached hydrogens (tertiary/aromatic N) is 2. The number of carbonyl (C=O) groups is 4. The van der Waals surface area contributed by atoms with E-state index >= 15 is 0 Å². The van der Waals surface area contributed by atoms with Crippen LogP contribution in [0, 0.1) is 59.2 Å². The Hall–Kier alpha value is -6.64. The molecule has 6 atom stereocenters. The van der Waals surface area contributed by atoms with Crippen molar-refractivity contribution in [3.05, 3.63) is 140 Å². The van der Waals surface area contributed by atoms with Gasteiger partial charge in [0.2, 0.25) is 11.8 Å². The number of aliphatic hydroxyl groups is 2. The molecular formula is C54H54N2O8S2. The summed E-state index contributed by atoms with van der Waals surface area (Å²) in [5.74, 6) is 23.8. The summed E-state index contributed by atoms with van der Waals surface area (Å²) in [6.45, 7) is 4.52. The van der Waals surface area contributed by atoms with Crippen molar-refractivity contribution < 1.29 is 38.9 Å². The lowest BCUT2D eigenvalue weighted by Crippen LogP contribution is -2.32. The minimum absolute atomic E-state index is 0.0226. The van der Waals surface area contributed by atoms with E-state index in [2.05, 4.69) is 47.4 Å². The van der Waals surface area contributed by atoms with Gasteiger partial charge in [-0.15, -0.1) is 22.7 Å². The van der Waals surface area contributed by atoms with Gasteiger partial charge in [-0.05, 0) is 73.2 Å². The molecule has 12 heteroatoms. The number of ether oxygens (including phenoxy) is 2. The van der Waals surface area contributed by atoms with Crippen LogP contribution in [-0.2, 0) is 19.1 Å². The number of benzene rings is 2. The van der Waals surface area contributed by atoms with Gasteiger partial charge in [0.1, 0.15) is 9.75 Å². The van der Waals surface area contributed by atoms with Crippen LogP contribution in [0.5, 0.6) is 0 Å². The van der Waals surface area contributed by atoms with E-state index in [9.17, 15) is 29.4 Å². The van der Waals surface area contributed by atoms with Gasteiger partial charge in [-0.3, -0.25) is 9.59 Å². The molecule has 2 amide bonds. The zero-order valence-electron chi connectivity index (χ0n) is 37.6. The van der Waals surface area contributed by atoms with Crippen LogP contribution in [0.2, 0.25) is 0 Å². The third-order valence-electron chi connectivity index (χ3n) is 10.7. The van der Waals surface area contributed by atoms with Crippen LogP contribution in [0.1, 0.15) is 92.6 Å². The minimum Gasteiger partial charge on any atom is -0.465 e. The Morgan fingerprint density at radius 2 is 1.02 bits per heavy atom. The topological polar surface area (TPSA) is 134 Å². The third-order valence-corrected chi connectivity index (χ3v) is 12.7. The van der Waals surface area contributed by atoms with Crippen LogP contribution < -0.4 is 0 Å². The molecule has 2 aromatic heterocycles. The van der Waals surface area contributed by atoms with E-state index in [0.29, 0.717) is 61.4 Å². The Bertz CT molecular complexity index is 2410. The molecule has 0 bridgehead atoms. The smallest absolute Gasteiger partial charge is 0.348 e. The number of amides is 2. The number of aliphatic hydroxyl groups excluding tert-OH is 2. The lowest BCUT2D eigenvalue weighted by atomic mass is 9.99. The quantitative estimate of drug-likeness (QED) is 0.0838. The van der Waals surface area contributed by atoms with Crippen molar-refractivity contribution in [3.63, 3.8) is 0 Å². The summed E-state index contributed by atoms with van der Waals surface area (Å²) in [5, 5.41) is 21.0. The number of methoxy groups -OCH3 is 2. The monoisotopic (exact) mass is 922 g/mol. The molecule has 0 saturated carbocycles. The number of carbonyl (C=O) groups excluding carboxylic acids is 4. The van der Waals surface area contributed by atoms with Crippen LogP contribution in [0.15, 0.2) is 109 Å². The van der Waals surface area contributed by atoms with E-state index in [4.69, 9.17) is 9.47 Å². The summed E-state index contributed by atoms with van der Waals surface area (Å²) < 4.78 is 9.41. The summed E-state index contributed by atoms with van der Waals surface area (Å²) in [6.07, 6.45) is 9.56. The van der Waals surface area contributed by atoms with Gasteiger partial charge in [0.05, 0.1) is 61.4 Å². The number of likely N-dealkylation sites (tertiary alicyclic amines) is 2. The summed E-state index contributed by atoms with van der Waals surface area (Å²) in [6, 6.07) is 26.3. The van der Waals surface area contributed by atoms with Crippen molar-refractivity contribution in [1.82, 2.24) is 9.80 Å². The van der Waals surface area contributed by atoms with Gasteiger partial charge in [-0.25, -0.2) is 9.59 Å². The largest absolute Gasteiger partial charge is 0.465 e. The second kappa shape index (κ2) is 26.4. The van der Waals surface area contributed by atoms with Crippen molar-refractivity contribution in [3.8, 4) is 47.4 Å². The molecule has 340 valence electrons. The molecule has 4 aromatic rings. The predicted octanol–water partition coefficient (Wildman–Crippen LogP) is 7.74. The molecule has 2 unspecified atom stereocenters. The molecule has 0 aliphatic carbocycles. The molecule has 2 N–H and O–H groups in total. The molecular weight excluding hydrogens is 869 g/mol. The summed E-state index contributed by atoms with van der Waals surface area (Å²) >= 11 is 2.52. The number of hydrogen-bond donors (Lipinski definition) is 2. The Kier molecular flexibility index (Phi) is 20.1. The first-order chi connectivity index (χ1) is 31.9. The maximum Gasteiger partial charge on any atom is 0.348 e. The maximum absolute atomic E-state index is 12.3. The summed E-state index contributed by atoms with van der Waals surface area (Å²) in [5.41, 5.74) is 1.92. The first-order valence-electron chi connectivity index (χ1n) is 21.7. The number of hydrogen-bond acceptors (Lipinski definition) is 10. The normalized spacial score (nSPS) is 17.1. The van der Waals surface area contributed by atoms with Gasteiger partial charge in [-0.1, -0.05) is 122 Å². The van der Waals surface area contributed by atoms with E-state index in [-0.39, 0.29) is 47.7 Å². The Labute approximate surface area is 396 Å². The first-order valence-corrected chi connectivity index (χ1v) is 23.3. The van der Waals surface area contributed by atoms with Gasteiger partial charge in [0.25, 0.3) is 0 Å². The number of esters is 2. The zero-order chi connectivity index (χ0) is 47.3. The molecule has 2 fully saturated rings. The maximum atomic E-state index is 12.3. The van der Waals surface area contributed by atoms with E-state index < -0.39 is 12.2 Å². The van der Waals surface area contributed by atoms with Crippen molar-refractivity contribution in [2.75, 3.05) is 27.3 Å². The highest BCUT2D eigenvalue weighted by Gasteiger charge is 2.29. The lowest BCUT2D eigenvalue weighted by molar-refractivity contribution is -0.128. The molecule has 2 aliphatic heterocycles. The second-order valence-electron chi connectivity index (χ2n) is 15.6. The molecule has 2 aromatic carbocycles. The average Bonchev–Trinajstić information content (AvgIpc) is 4.16. The van der Waals surface area contributed by atoms with Crippen molar-refractivity contribution in [2.24, 2.45) is 11.8 Å². The summed E-state index contributed by atoms with van der Waals surface area (Å²) in [7, 11) is 2.69. The van der Waals surface area contributed by atoms with Crippen molar-refractivity contribution in [2.45, 2.75) is 76.7 Å². The Morgan fingerprint density at radius 3 is 1.39 bits per heavy atom. The van der Waals surface area contributed by atoms with E-state index in [1.54, 1.807) is 46.2 Å². The molecule has 2 aliphatic rings. The third kappa shape index (κ3) is 15.8. The van der Waals surface area contributed by atoms with Gasteiger partial charge < -0.3 is 29.5 Å². The predicted molar refractivity (Wildman–Crippen MR) is 259 cm³/mol. The van der Waals surface area contributed by atoms with E-state index in [1.807, 2.05) is 86.7 Å². The second-order valence-corrected chi connectivity index (χ2v) is 17.8. The van der Waals surface area contributed by atoms with Gasteiger partial charge in [0.15, 0.2) is 0 Å². The molecule has 0 radical (unpaired) electrons. The minimum atomic E-state index is -0.637. The fourth-order valence-corrected chi connectivity index (χ4v) is 8.35. The van der Waals surface area contributed by atoms with Crippen molar-refractivity contribution in [1.29, 1.82) is 0 Å². The highest BCUT2D eigenvalue weighted by molar-refractivity contribution is 7.14. The van der Waals surface area contributed by atoms with Crippen LogP contribution in [0.25, 0.3) is 0 Å². The highest BCUT2D eigenvalue weighted by atomic mass is 32.1. The van der Waals surface area contributed by atoms with Crippen LogP contribution in [0.3, 0.4) is 0 Å². The Balaban J connectivity index is 0.000000247. The highest BCUT2D eigenvalue weighted by Crippen LogP contribution is 2.23. The molecule has 0 spiro atoms. The summed E-state index contributed by atoms with van der Waals surface area (Å²) in [4.78, 5) is 53.6. The van der Waals surface area contributed by atoms with Crippen LogP contribution in [-0.4, -0.2) is 95.4 Å². The molecule has 6 rings (SSSR count). The fraction of sp³-hybridized carbons (Fsp3) is 0.333. The van der Waals surface area contributed by atoms with Crippen molar-refractivity contribution >= 4 is 46.4 Å². The number of rotatable bonds is 12. The lowest BCUT2D eigenvalue weighted by Gasteiger charge is -2.20. The standard InChI is InChI=1S/2C27H27NO4S/c2*1-20(8-6-11-21-9-4-3-5-10-21)24(29)16-13-22-14-18-26(30)28(22)19-7-12-23-15-17-25(33-23)27(31)32-2/h2*3-5,9-10,13,15-17,20,22,24,29H,8,14,18-19H2,1-2H3/b2*16-13+/t20?,22-,24+;20?,22-,24-/m00/s1. The van der Waals surface area contributed by atoms with Gasteiger partial charge >= 0.3 is 11.9 Å². The molecule has 66 heavy (non-hydrogen) atoms. The van der Waals surface area contributed by atoms with Gasteiger partial charge in [-0.2, -0.15) is 0 Å². The van der Waals surface area contributed by atoms with E-state index in [0.717, 1.165) is 20.9 Å². The molecule has 2 saturated heterocycles. The van der Waals surface area contributed by atoms with Gasteiger partial charge in [0, 0.05) is 36.8 Å². The zero-order valence-corrected chi connectivity index (χ0v) is 39.2.